The van der Waals surface area contributed by atoms with Crippen LogP contribution in [-0.4, -0.2) is 49.5 Å². The van der Waals surface area contributed by atoms with Gasteiger partial charge in [0.2, 0.25) is 0 Å². The van der Waals surface area contributed by atoms with Gasteiger partial charge in [-0.1, -0.05) is 30.3 Å². The fraction of sp³-hybridized carbons (Fsp3) is 0.440. The van der Waals surface area contributed by atoms with Crippen molar-refractivity contribution in [1.29, 1.82) is 0 Å². The first-order valence-electron chi connectivity index (χ1n) is 10.6. The SMILES string of the molecule is COC(=O)[C@@]1(C)OC(c2ccc(OC)cc2OC)N(C(=O)OC(C)(C)C)[C@@H]1c1ccccc1. The second-order valence-electron chi connectivity index (χ2n) is 8.88. The Bertz CT molecular complexity index is 1000. The predicted molar refractivity (Wildman–Crippen MR) is 121 cm³/mol. The first-order valence-corrected chi connectivity index (χ1v) is 10.6. The first-order chi connectivity index (χ1) is 15.6. The highest BCUT2D eigenvalue weighted by atomic mass is 16.6. The molecular formula is C25H31NO7. The van der Waals surface area contributed by atoms with Crippen LogP contribution < -0.4 is 9.47 Å². The van der Waals surface area contributed by atoms with E-state index in [0.29, 0.717) is 22.6 Å². The number of esters is 1. The Labute approximate surface area is 194 Å². The Morgan fingerprint density at radius 1 is 1.00 bits per heavy atom. The third kappa shape index (κ3) is 4.75. The molecule has 8 heteroatoms. The third-order valence-corrected chi connectivity index (χ3v) is 5.43. The Morgan fingerprint density at radius 2 is 1.67 bits per heavy atom. The lowest BCUT2D eigenvalue weighted by atomic mass is 9.90. The summed E-state index contributed by atoms with van der Waals surface area (Å²) in [6.07, 6.45) is -1.62. The quantitative estimate of drug-likeness (QED) is 0.605. The fourth-order valence-corrected chi connectivity index (χ4v) is 3.98. The zero-order valence-electron chi connectivity index (χ0n) is 20.1. The van der Waals surface area contributed by atoms with Gasteiger partial charge >= 0.3 is 12.1 Å². The smallest absolute Gasteiger partial charge is 0.413 e. The van der Waals surface area contributed by atoms with E-state index >= 15 is 0 Å². The van der Waals surface area contributed by atoms with Crippen molar-refractivity contribution in [2.45, 2.75) is 51.2 Å². The van der Waals surface area contributed by atoms with Gasteiger partial charge in [0.05, 0.1) is 21.3 Å². The lowest BCUT2D eigenvalue weighted by molar-refractivity contribution is -0.167. The normalized spacial score (nSPS) is 22.6. The standard InChI is InChI=1S/C25H31NO7/c1-24(2,3)33-23(28)26-20(16-11-9-8-10-12-16)25(4,22(27)31-7)32-21(26)18-14-13-17(29-5)15-19(18)30-6/h8-15,20-21H,1-7H3/t20-,21?,25+/m1/s1. The van der Waals surface area contributed by atoms with Crippen molar-refractivity contribution in [3.05, 3.63) is 59.7 Å². The summed E-state index contributed by atoms with van der Waals surface area (Å²) in [4.78, 5) is 28.0. The van der Waals surface area contributed by atoms with Crippen molar-refractivity contribution >= 4 is 12.1 Å². The molecule has 8 nitrogen and oxygen atoms in total. The lowest BCUT2D eigenvalue weighted by Crippen LogP contribution is -2.46. The first kappa shape index (κ1) is 24.4. The number of amides is 1. The number of nitrogens with zero attached hydrogens (tertiary/aromatic N) is 1. The van der Waals surface area contributed by atoms with Gasteiger partial charge in [0.15, 0.2) is 11.8 Å². The maximum absolute atomic E-state index is 13.6. The molecule has 0 N–H and O–H groups in total. The van der Waals surface area contributed by atoms with E-state index in [-0.39, 0.29) is 0 Å². The minimum atomic E-state index is -1.51. The largest absolute Gasteiger partial charge is 0.497 e. The molecule has 0 aromatic heterocycles. The Morgan fingerprint density at radius 3 is 2.21 bits per heavy atom. The molecule has 1 aliphatic heterocycles. The summed E-state index contributed by atoms with van der Waals surface area (Å²) in [5.41, 5.74) is -1.04. The van der Waals surface area contributed by atoms with Crippen LogP contribution in [0, 0.1) is 0 Å². The van der Waals surface area contributed by atoms with Crippen LogP contribution in [0.2, 0.25) is 0 Å². The average Bonchev–Trinajstić information content (AvgIpc) is 3.11. The maximum atomic E-state index is 13.6. The minimum absolute atomic E-state index is 0.439. The van der Waals surface area contributed by atoms with E-state index in [4.69, 9.17) is 23.7 Å². The number of hydrogen-bond donors (Lipinski definition) is 0. The number of benzene rings is 2. The number of carbonyl (C=O) groups excluding carboxylic acids is 2. The molecule has 3 atom stereocenters. The molecular weight excluding hydrogens is 426 g/mol. The van der Waals surface area contributed by atoms with Crippen LogP contribution in [0.25, 0.3) is 0 Å². The summed E-state index contributed by atoms with van der Waals surface area (Å²) < 4.78 is 28.1. The van der Waals surface area contributed by atoms with E-state index in [2.05, 4.69) is 0 Å². The Balaban J connectivity index is 2.23. The van der Waals surface area contributed by atoms with Crippen molar-refractivity contribution in [1.82, 2.24) is 4.90 Å². The summed E-state index contributed by atoms with van der Waals surface area (Å²) in [7, 11) is 4.35. The topological polar surface area (TPSA) is 83.5 Å². The summed E-state index contributed by atoms with van der Waals surface area (Å²) in [5, 5.41) is 0. The van der Waals surface area contributed by atoms with Gasteiger partial charge in [-0.2, -0.15) is 0 Å². The zero-order valence-corrected chi connectivity index (χ0v) is 20.1. The molecule has 2 aromatic rings. The van der Waals surface area contributed by atoms with Crippen molar-refractivity contribution in [3.8, 4) is 11.5 Å². The molecule has 3 rings (SSSR count). The van der Waals surface area contributed by atoms with E-state index in [0.717, 1.165) is 0 Å². The van der Waals surface area contributed by atoms with Crippen molar-refractivity contribution in [2.24, 2.45) is 0 Å². The molecule has 1 saturated heterocycles. The van der Waals surface area contributed by atoms with Gasteiger partial charge in [0.25, 0.3) is 0 Å². The Hall–Kier alpha value is -3.26. The summed E-state index contributed by atoms with van der Waals surface area (Å²) in [5.74, 6) is 0.404. The summed E-state index contributed by atoms with van der Waals surface area (Å²) >= 11 is 0. The number of methoxy groups -OCH3 is 3. The van der Waals surface area contributed by atoms with Crippen molar-refractivity contribution in [2.75, 3.05) is 21.3 Å². The van der Waals surface area contributed by atoms with Crippen LogP contribution in [0.5, 0.6) is 11.5 Å². The number of hydrogen-bond acceptors (Lipinski definition) is 7. The maximum Gasteiger partial charge on any atom is 0.413 e. The van der Waals surface area contributed by atoms with Crippen LogP contribution in [-0.2, 0) is 19.0 Å². The minimum Gasteiger partial charge on any atom is -0.497 e. The molecule has 1 heterocycles. The third-order valence-electron chi connectivity index (χ3n) is 5.43. The second kappa shape index (κ2) is 9.31. The molecule has 0 aliphatic carbocycles. The molecule has 0 bridgehead atoms. The fourth-order valence-electron chi connectivity index (χ4n) is 3.98. The van der Waals surface area contributed by atoms with Gasteiger partial charge in [0.1, 0.15) is 23.1 Å². The molecule has 1 fully saturated rings. The van der Waals surface area contributed by atoms with Gasteiger partial charge in [0, 0.05) is 11.6 Å². The highest BCUT2D eigenvalue weighted by molar-refractivity contribution is 5.83. The van der Waals surface area contributed by atoms with Crippen LogP contribution in [0.3, 0.4) is 0 Å². The summed E-state index contributed by atoms with van der Waals surface area (Å²) in [6, 6.07) is 13.5. The van der Waals surface area contributed by atoms with Gasteiger partial charge in [-0.3, -0.25) is 4.90 Å². The molecule has 0 saturated carbocycles. The van der Waals surface area contributed by atoms with Crippen LogP contribution in [0.15, 0.2) is 48.5 Å². The molecule has 1 aliphatic rings. The number of rotatable bonds is 5. The van der Waals surface area contributed by atoms with Crippen LogP contribution in [0.4, 0.5) is 4.79 Å². The van der Waals surface area contributed by atoms with Crippen LogP contribution in [0.1, 0.15) is 51.1 Å². The molecule has 178 valence electrons. The zero-order chi connectivity index (χ0) is 24.4. The van der Waals surface area contributed by atoms with Gasteiger partial charge in [-0.25, -0.2) is 9.59 Å². The highest BCUT2D eigenvalue weighted by Gasteiger charge is 2.60. The van der Waals surface area contributed by atoms with Gasteiger partial charge < -0.3 is 23.7 Å². The monoisotopic (exact) mass is 457 g/mol. The van der Waals surface area contributed by atoms with Crippen molar-refractivity contribution in [3.63, 3.8) is 0 Å². The predicted octanol–water partition coefficient (Wildman–Crippen LogP) is 4.64. The van der Waals surface area contributed by atoms with Gasteiger partial charge in [-0.05, 0) is 45.4 Å². The number of ether oxygens (including phenoxy) is 5. The van der Waals surface area contributed by atoms with E-state index in [1.807, 2.05) is 30.3 Å². The van der Waals surface area contributed by atoms with E-state index in [1.54, 1.807) is 53.0 Å². The van der Waals surface area contributed by atoms with E-state index in [1.165, 1.54) is 19.1 Å². The molecule has 0 radical (unpaired) electrons. The van der Waals surface area contributed by atoms with Crippen molar-refractivity contribution < 1.29 is 33.3 Å². The molecule has 0 spiro atoms. The van der Waals surface area contributed by atoms with Gasteiger partial charge in [-0.15, -0.1) is 0 Å². The molecule has 1 unspecified atom stereocenters. The van der Waals surface area contributed by atoms with Crippen LogP contribution >= 0.6 is 0 Å². The molecule has 33 heavy (non-hydrogen) atoms. The number of carbonyl (C=O) groups is 2. The lowest BCUT2D eigenvalue weighted by Gasteiger charge is -2.33. The highest BCUT2D eigenvalue weighted by Crippen LogP contribution is 2.52. The summed E-state index contributed by atoms with van der Waals surface area (Å²) in [6.45, 7) is 6.95. The molecule has 2 aromatic carbocycles. The average molecular weight is 458 g/mol. The molecule has 1 amide bonds. The van der Waals surface area contributed by atoms with E-state index in [9.17, 15) is 9.59 Å². The van der Waals surface area contributed by atoms with E-state index < -0.39 is 35.5 Å². The Kier molecular flexibility index (Phi) is 6.88. The second-order valence-corrected chi connectivity index (χ2v) is 8.88.